The maximum Gasteiger partial charge on any atom is 0.213 e. The number of pyridine rings is 1. The lowest BCUT2D eigenvalue weighted by Crippen LogP contribution is -2.20. The van der Waals surface area contributed by atoms with Gasteiger partial charge in [-0.05, 0) is 38.4 Å². The van der Waals surface area contributed by atoms with Crippen molar-refractivity contribution in [3.8, 4) is 5.88 Å². The lowest BCUT2D eigenvalue weighted by Gasteiger charge is -2.15. The highest BCUT2D eigenvalue weighted by Crippen LogP contribution is 2.16. The normalized spacial score (nSPS) is 12.3. The second-order valence-electron chi connectivity index (χ2n) is 6.01. The van der Waals surface area contributed by atoms with Crippen LogP contribution in [0, 0.1) is 0 Å². The minimum atomic E-state index is 0.353. The topological polar surface area (TPSA) is 34.2 Å². The third-order valence-corrected chi connectivity index (χ3v) is 4.03. The Morgan fingerprint density at radius 1 is 1.05 bits per heavy atom. The molecular formula is C19H34N2O. The summed E-state index contributed by atoms with van der Waals surface area (Å²) < 4.78 is 5.46. The van der Waals surface area contributed by atoms with Crippen LogP contribution in [0.15, 0.2) is 18.3 Å². The third-order valence-electron chi connectivity index (χ3n) is 4.03. The molecule has 0 aromatic carbocycles. The Balaban J connectivity index is 2.10. The van der Waals surface area contributed by atoms with E-state index in [2.05, 4.69) is 30.2 Å². The fourth-order valence-corrected chi connectivity index (χ4v) is 2.62. The molecule has 1 aromatic heterocycles. The molecule has 1 heterocycles. The summed E-state index contributed by atoms with van der Waals surface area (Å²) in [5.41, 5.74) is 1.25. The first kappa shape index (κ1) is 19.0. The van der Waals surface area contributed by atoms with Crippen molar-refractivity contribution < 1.29 is 4.74 Å². The zero-order valence-electron chi connectivity index (χ0n) is 14.7. The Hall–Kier alpha value is -1.09. The van der Waals surface area contributed by atoms with Crippen molar-refractivity contribution in [2.75, 3.05) is 13.2 Å². The Labute approximate surface area is 136 Å². The summed E-state index contributed by atoms with van der Waals surface area (Å²) >= 11 is 0. The van der Waals surface area contributed by atoms with E-state index in [0.717, 1.165) is 12.4 Å². The van der Waals surface area contributed by atoms with Crippen LogP contribution in [0.2, 0.25) is 0 Å². The van der Waals surface area contributed by atoms with Gasteiger partial charge in [-0.25, -0.2) is 4.98 Å². The van der Waals surface area contributed by atoms with Gasteiger partial charge in [0, 0.05) is 18.3 Å². The number of unbranched alkanes of at least 4 members (excludes halogenated alkanes) is 7. The fourth-order valence-electron chi connectivity index (χ4n) is 2.62. The van der Waals surface area contributed by atoms with Crippen LogP contribution in [0.25, 0.3) is 0 Å². The zero-order valence-corrected chi connectivity index (χ0v) is 14.7. The van der Waals surface area contributed by atoms with Crippen molar-refractivity contribution in [1.82, 2.24) is 10.3 Å². The minimum Gasteiger partial charge on any atom is -0.478 e. The van der Waals surface area contributed by atoms with E-state index in [0.29, 0.717) is 12.6 Å². The summed E-state index contributed by atoms with van der Waals surface area (Å²) in [5, 5.41) is 3.60. The Morgan fingerprint density at radius 2 is 1.73 bits per heavy atom. The molecule has 0 radical (unpaired) electrons. The van der Waals surface area contributed by atoms with Crippen LogP contribution in [0.4, 0.5) is 0 Å². The molecule has 3 heteroatoms. The van der Waals surface area contributed by atoms with Crippen LogP contribution >= 0.6 is 0 Å². The second kappa shape index (κ2) is 12.5. The average Bonchev–Trinajstić information content (AvgIpc) is 2.54. The molecular weight excluding hydrogens is 272 g/mol. The average molecular weight is 306 g/mol. The first-order valence-corrected chi connectivity index (χ1v) is 9.10. The molecule has 126 valence electrons. The number of aromatic nitrogens is 1. The van der Waals surface area contributed by atoms with Crippen LogP contribution < -0.4 is 10.1 Å². The Kier molecular flexibility index (Phi) is 10.7. The van der Waals surface area contributed by atoms with Crippen molar-refractivity contribution in [2.24, 2.45) is 0 Å². The lowest BCUT2D eigenvalue weighted by atomic mass is 10.1. The van der Waals surface area contributed by atoms with E-state index < -0.39 is 0 Å². The molecule has 1 rings (SSSR count). The van der Waals surface area contributed by atoms with E-state index in [9.17, 15) is 0 Å². The van der Waals surface area contributed by atoms with Crippen LogP contribution in [-0.4, -0.2) is 18.1 Å². The van der Waals surface area contributed by atoms with Crippen molar-refractivity contribution >= 4 is 0 Å². The summed E-state index contributed by atoms with van der Waals surface area (Å²) in [5.74, 6) is 0.723. The van der Waals surface area contributed by atoms with Crippen LogP contribution in [0.3, 0.4) is 0 Å². The molecule has 0 fully saturated rings. The van der Waals surface area contributed by atoms with Gasteiger partial charge in [0.25, 0.3) is 0 Å². The summed E-state index contributed by atoms with van der Waals surface area (Å²) in [6, 6.07) is 4.45. The van der Waals surface area contributed by atoms with E-state index in [1.165, 1.54) is 56.9 Å². The largest absolute Gasteiger partial charge is 0.478 e. The molecule has 1 N–H and O–H groups in total. The smallest absolute Gasteiger partial charge is 0.213 e. The van der Waals surface area contributed by atoms with Gasteiger partial charge in [0.15, 0.2) is 0 Å². The van der Waals surface area contributed by atoms with E-state index >= 15 is 0 Å². The van der Waals surface area contributed by atoms with Crippen molar-refractivity contribution in [3.63, 3.8) is 0 Å². The second-order valence-corrected chi connectivity index (χ2v) is 6.01. The quantitative estimate of drug-likeness (QED) is 0.504. The number of hydrogen-bond donors (Lipinski definition) is 1. The third kappa shape index (κ3) is 8.38. The highest BCUT2D eigenvalue weighted by atomic mass is 16.5. The molecule has 0 aliphatic rings. The number of hydrogen-bond acceptors (Lipinski definition) is 3. The summed E-state index contributed by atoms with van der Waals surface area (Å²) in [6.07, 6.45) is 12.8. The lowest BCUT2D eigenvalue weighted by molar-refractivity contribution is 0.326. The van der Waals surface area contributed by atoms with Gasteiger partial charge in [-0.2, -0.15) is 0 Å². The number of rotatable bonds is 13. The van der Waals surface area contributed by atoms with Gasteiger partial charge in [0.05, 0.1) is 6.61 Å². The molecule has 1 atom stereocenters. The first-order chi connectivity index (χ1) is 10.8. The van der Waals surface area contributed by atoms with Gasteiger partial charge >= 0.3 is 0 Å². The molecule has 0 saturated carbocycles. The van der Waals surface area contributed by atoms with Crippen LogP contribution in [0.1, 0.15) is 83.7 Å². The first-order valence-electron chi connectivity index (χ1n) is 9.10. The molecule has 1 aromatic rings. The van der Waals surface area contributed by atoms with E-state index in [4.69, 9.17) is 4.74 Å². The molecule has 0 spiro atoms. The van der Waals surface area contributed by atoms with Gasteiger partial charge in [-0.3, -0.25) is 0 Å². The van der Waals surface area contributed by atoms with Crippen LogP contribution in [0.5, 0.6) is 5.88 Å². The molecule has 0 aliphatic carbocycles. The maximum absolute atomic E-state index is 5.46. The summed E-state index contributed by atoms with van der Waals surface area (Å²) in [7, 11) is 0. The maximum atomic E-state index is 5.46. The predicted octanol–water partition coefficient (Wildman–Crippen LogP) is 5.27. The van der Waals surface area contributed by atoms with Gasteiger partial charge < -0.3 is 10.1 Å². The zero-order chi connectivity index (χ0) is 16.0. The van der Waals surface area contributed by atoms with E-state index in [1.807, 2.05) is 19.2 Å². The molecule has 0 aliphatic heterocycles. The number of nitrogens with zero attached hydrogens (tertiary/aromatic N) is 1. The fraction of sp³-hybridized carbons (Fsp3) is 0.737. The van der Waals surface area contributed by atoms with Crippen molar-refractivity contribution in [1.29, 1.82) is 0 Å². The minimum absolute atomic E-state index is 0.353. The standard InChI is InChI=1S/C19H34N2O/c1-4-6-7-8-9-10-11-12-14-20-17(3)18-13-15-21-19(16-18)22-5-2/h13,15-17,20H,4-12,14H2,1-3H3/t17-/m0/s1. The van der Waals surface area contributed by atoms with E-state index in [-0.39, 0.29) is 0 Å². The van der Waals surface area contributed by atoms with Crippen LogP contribution in [-0.2, 0) is 0 Å². The van der Waals surface area contributed by atoms with E-state index in [1.54, 1.807) is 0 Å². The molecule has 3 nitrogen and oxygen atoms in total. The highest BCUT2D eigenvalue weighted by Gasteiger charge is 2.06. The van der Waals surface area contributed by atoms with Gasteiger partial charge in [0.1, 0.15) is 0 Å². The SMILES string of the molecule is CCCCCCCCCCN[C@@H](C)c1ccnc(OCC)c1. The van der Waals surface area contributed by atoms with Crippen molar-refractivity contribution in [2.45, 2.75) is 78.2 Å². The summed E-state index contributed by atoms with van der Waals surface area (Å²) in [4.78, 5) is 4.21. The Bertz CT molecular complexity index is 381. The molecule has 0 amide bonds. The molecule has 0 unspecified atom stereocenters. The summed E-state index contributed by atoms with van der Waals surface area (Å²) in [6.45, 7) is 8.21. The van der Waals surface area contributed by atoms with Gasteiger partial charge in [-0.1, -0.05) is 51.9 Å². The predicted molar refractivity (Wildman–Crippen MR) is 94.4 cm³/mol. The van der Waals surface area contributed by atoms with Gasteiger partial charge in [-0.15, -0.1) is 0 Å². The molecule has 22 heavy (non-hydrogen) atoms. The molecule has 0 bridgehead atoms. The van der Waals surface area contributed by atoms with Gasteiger partial charge in [0.2, 0.25) is 5.88 Å². The number of nitrogens with one attached hydrogen (secondary N) is 1. The highest BCUT2D eigenvalue weighted by molar-refractivity contribution is 5.23. The van der Waals surface area contributed by atoms with Crippen molar-refractivity contribution in [3.05, 3.63) is 23.9 Å². The monoisotopic (exact) mass is 306 g/mol. The molecule has 0 saturated heterocycles. The number of ether oxygens (including phenoxy) is 1. The Morgan fingerprint density at radius 3 is 2.41 bits per heavy atom.